The minimum Gasteiger partial charge on any atom is -0.328 e. The second kappa shape index (κ2) is 5.17. The van der Waals surface area contributed by atoms with Crippen LogP contribution in [0.5, 0.6) is 0 Å². The van der Waals surface area contributed by atoms with Crippen LogP contribution in [0.2, 0.25) is 0 Å². The number of halogens is 1. The van der Waals surface area contributed by atoms with Gasteiger partial charge < -0.3 is 9.88 Å². The number of aromatic nitrogens is 2. The normalized spacial score (nSPS) is 23.4. The van der Waals surface area contributed by atoms with Crippen molar-refractivity contribution in [2.24, 2.45) is 0 Å². The zero-order valence-corrected chi connectivity index (χ0v) is 12.2. The molecule has 0 amide bonds. The molecule has 1 N–H and O–H groups in total. The Labute approximate surface area is 119 Å². The third-order valence-electron chi connectivity index (χ3n) is 4.65. The lowest BCUT2D eigenvalue weighted by Crippen LogP contribution is -2.44. The molecule has 1 atom stereocenters. The van der Waals surface area contributed by atoms with Crippen LogP contribution < -0.4 is 5.32 Å². The van der Waals surface area contributed by atoms with Crippen LogP contribution >= 0.6 is 0 Å². The van der Waals surface area contributed by atoms with E-state index in [1.807, 2.05) is 6.07 Å². The van der Waals surface area contributed by atoms with E-state index < -0.39 is 0 Å². The first-order chi connectivity index (χ1) is 9.70. The van der Waals surface area contributed by atoms with Crippen molar-refractivity contribution >= 4 is 11.0 Å². The fourth-order valence-electron chi connectivity index (χ4n) is 3.45. The number of hydrogen-bond acceptors (Lipinski definition) is 2. The molecule has 1 unspecified atom stereocenters. The van der Waals surface area contributed by atoms with Crippen molar-refractivity contribution in [2.75, 3.05) is 13.1 Å². The summed E-state index contributed by atoms with van der Waals surface area (Å²) < 4.78 is 15.7. The fraction of sp³-hybridized carbons (Fsp3) is 0.562. The Kier molecular flexibility index (Phi) is 3.50. The van der Waals surface area contributed by atoms with E-state index in [0.717, 1.165) is 49.3 Å². The summed E-state index contributed by atoms with van der Waals surface area (Å²) in [4.78, 5) is 4.79. The van der Waals surface area contributed by atoms with E-state index in [-0.39, 0.29) is 11.2 Å². The zero-order chi connectivity index (χ0) is 14.2. The van der Waals surface area contributed by atoms with Crippen LogP contribution in [-0.2, 0) is 12.0 Å². The number of nitrogens with zero attached hydrogens (tertiary/aromatic N) is 2. The van der Waals surface area contributed by atoms with Gasteiger partial charge in [-0.25, -0.2) is 9.37 Å². The Balaban J connectivity index is 2.18. The van der Waals surface area contributed by atoms with E-state index in [0.29, 0.717) is 0 Å². The summed E-state index contributed by atoms with van der Waals surface area (Å²) in [7, 11) is 0. The van der Waals surface area contributed by atoms with E-state index in [4.69, 9.17) is 4.98 Å². The van der Waals surface area contributed by atoms with Crippen molar-refractivity contribution in [3.05, 3.63) is 29.8 Å². The van der Waals surface area contributed by atoms with Gasteiger partial charge in [0.15, 0.2) is 0 Å². The summed E-state index contributed by atoms with van der Waals surface area (Å²) in [6, 6.07) is 4.92. The second-order valence-corrected chi connectivity index (χ2v) is 5.73. The molecule has 1 saturated heterocycles. The molecular formula is C16H22FN3. The molecule has 2 heterocycles. The van der Waals surface area contributed by atoms with Crippen molar-refractivity contribution in [3.8, 4) is 0 Å². The molecule has 108 valence electrons. The number of rotatable bonds is 3. The van der Waals surface area contributed by atoms with E-state index in [1.165, 1.54) is 12.5 Å². The first-order valence-corrected chi connectivity index (χ1v) is 7.57. The van der Waals surface area contributed by atoms with Crippen molar-refractivity contribution in [2.45, 2.75) is 45.1 Å². The van der Waals surface area contributed by atoms with Crippen molar-refractivity contribution in [1.29, 1.82) is 0 Å². The van der Waals surface area contributed by atoms with E-state index in [1.54, 1.807) is 6.07 Å². The number of aryl methyl sites for hydroxylation is 1. The molecule has 4 heteroatoms. The molecule has 0 bridgehead atoms. The molecule has 20 heavy (non-hydrogen) atoms. The predicted molar refractivity (Wildman–Crippen MR) is 79.4 cm³/mol. The summed E-state index contributed by atoms with van der Waals surface area (Å²) in [5, 5.41) is 3.50. The number of nitrogens with one attached hydrogen (secondary N) is 1. The molecule has 3 nitrogen and oxygen atoms in total. The summed E-state index contributed by atoms with van der Waals surface area (Å²) in [6.07, 6.45) is 3.39. The third-order valence-corrected chi connectivity index (χ3v) is 4.65. The van der Waals surface area contributed by atoms with Crippen molar-refractivity contribution in [1.82, 2.24) is 14.9 Å². The van der Waals surface area contributed by atoms with Gasteiger partial charge in [0.05, 0.1) is 11.0 Å². The average Bonchev–Trinajstić information content (AvgIpc) is 2.86. The van der Waals surface area contributed by atoms with Crippen LogP contribution in [0.4, 0.5) is 4.39 Å². The lowest BCUT2D eigenvalue weighted by atomic mass is 9.77. The standard InChI is InChI=1S/C16H22FN3/c1-3-16(8-5-9-18-11-16)15-19-13-10-12(17)6-7-14(13)20(15)4-2/h6-7,10,18H,3-5,8-9,11H2,1-2H3. The SMILES string of the molecule is CCn1c(C2(CC)CCCNC2)nc2cc(F)ccc21. The number of imidazole rings is 1. The van der Waals surface area contributed by atoms with Crippen LogP contribution in [0, 0.1) is 5.82 Å². The van der Waals surface area contributed by atoms with Gasteiger partial charge in [-0.1, -0.05) is 6.92 Å². The molecule has 1 fully saturated rings. The molecule has 1 aromatic carbocycles. The van der Waals surface area contributed by atoms with Gasteiger partial charge in [0.2, 0.25) is 0 Å². The summed E-state index contributed by atoms with van der Waals surface area (Å²) in [6.45, 7) is 7.29. The number of benzene rings is 1. The zero-order valence-electron chi connectivity index (χ0n) is 12.2. The molecule has 0 spiro atoms. The first-order valence-electron chi connectivity index (χ1n) is 7.57. The van der Waals surface area contributed by atoms with E-state index in [2.05, 4.69) is 23.7 Å². The maximum Gasteiger partial charge on any atom is 0.125 e. The molecule has 1 aromatic heterocycles. The molecule has 1 aliphatic rings. The lowest BCUT2D eigenvalue weighted by Gasteiger charge is -2.36. The molecular weight excluding hydrogens is 253 g/mol. The molecule has 3 rings (SSSR count). The summed E-state index contributed by atoms with van der Waals surface area (Å²) in [5.41, 5.74) is 1.91. The Morgan fingerprint density at radius 1 is 1.40 bits per heavy atom. The van der Waals surface area contributed by atoms with Gasteiger partial charge in [-0.2, -0.15) is 0 Å². The maximum atomic E-state index is 13.4. The Morgan fingerprint density at radius 2 is 2.25 bits per heavy atom. The Hall–Kier alpha value is -1.42. The largest absolute Gasteiger partial charge is 0.328 e. The number of piperidine rings is 1. The molecule has 0 aliphatic carbocycles. The van der Waals surface area contributed by atoms with Crippen LogP contribution in [-0.4, -0.2) is 22.6 Å². The molecule has 1 aliphatic heterocycles. The van der Waals surface area contributed by atoms with Gasteiger partial charge in [0.25, 0.3) is 0 Å². The first kappa shape index (κ1) is 13.6. The summed E-state index contributed by atoms with van der Waals surface area (Å²) in [5.74, 6) is 0.910. The Morgan fingerprint density at radius 3 is 2.90 bits per heavy atom. The fourth-order valence-corrected chi connectivity index (χ4v) is 3.45. The molecule has 0 radical (unpaired) electrons. The number of fused-ring (bicyclic) bond motifs is 1. The second-order valence-electron chi connectivity index (χ2n) is 5.73. The monoisotopic (exact) mass is 275 g/mol. The van der Waals surface area contributed by atoms with Crippen molar-refractivity contribution in [3.63, 3.8) is 0 Å². The minimum atomic E-state index is -0.211. The van der Waals surface area contributed by atoms with Gasteiger partial charge in [-0.3, -0.25) is 0 Å². The van der Waals surface area contributed by atoms with Crippen LogP contribution in [0.15, 0.2) is 18.2 Å². The molecule has 0 saturated carbocycles. The highest BCUT2D eigenvalue weighted by Gasteiger charge is 2.36. The predicted octanol–water partition coefficient (Wildman–Crippen LogP) is 3.23. The highest BCUT2D eigenvalue weighted by Crippen LogP contribution is 2.35. The van der Waals surface area contributed by atoms with Crippen LogP contribution in [0.25, 0.3) is 11.0 Å². The van der Waals surface area contributed by atoms with Gasteiger partial charge >= 0.3 is 0 Å². The quantitative estimate of drug-likeness (QED) is 0.932. The van der Waals surface area contributed by atoms with E-state index in [9.17, 15) is 4.39 Å². The number of hydrogen-bond donors (Lipinski definition) is 1. The van der Waals surface area contributed by atoms with E-state index >= 15 is 0 Å². The van der Waals surface area contributed by atoms with Gasteiger partial charge in [0.1, 0.15) is 11.6 Å². The highest BCUT2D eigenvalue weighted by atomic mass is 19.1. The lowest BCUT2D eigenvalue weighted by molar-refractivity contribution is 0.280. The minimum absolute atomic E-state index is 0.0871. The van der Waals surface area contributed by atoms with Crippen LogP contribution in [0.3, 0.4) is 0 Å². The Bertz CT molecular complexity index is 611. The molecule has 2 aromatic rings. The topological polar surface area (TPSA) is 29.9 Å². The average molecular weight is 275 g/mol. The maximum absolute atomic E-state index is 13.4. The van der Waals surface area contributed by atoms with Gasteiger partial charge in [-0.15, -0.1) is 0 Å². The summed E-state index contributed by atoms with van der Waals surface area (Å²) >= 11 is 0. The van der Waals surface area contributed by atoms with Gasteiger partial charge in [0, 0.05) is 24.6 Å². The van der Waals surface area contributed by atoms with Gasteiger partial charge in [-0.05, 0) is 44.9 Å². The smallest absolute Gasteiger partial charge is 0.125 e. The van der Waals surface area contributed by atoms with Crippen molar-refractivity contribution < 1.29 is 4.39 Å². The highest BCUT2D eigenvalue weighted by molar-refractivity contribution is 5.76. The third kappa shape index (κ3) is 2.03. The van der Waals surface area contributed by atoms with Crippen LogP contribution in [0.1, 0.15) is 38.9 Å².